The van der Waals surface area contributed by atoms with Gasteiger partial charge in [-0.05, 0) is 25.2 Å². The zero-order chi connectivity index (χ0) is 15.2. The monoisotopic (exact) mass is 284 g/mol. The summed E-state index contributed by atoms with van der Waals surface area (Å²) in [7, 11) is 0. The minimum absolute atomic E-state index is 0.0756. The van der Waals surface area contributed by atoms with Crippen molar-refractivity contribution in [3.05, 3.63) is 0 Å². The maximum atomic E-state index is 12.1. The number of hydrogen-bond donors (Lipinski definition) is 3. The number of urea groups is 1. The highest BCUT2D eigenvalue weighted by Gasteiger charge is 2.40. The molecule has 1 aliphatic carbocycles. The Labute approximate surface area is 121 Å². The topological polar surface area (TPSA) is 78.4 Å². The van der Waals surface area contributed by atoms with Crippen LogP contribution >= 0.6 is 0 Å². The van der Waals surface area contributed by atoms with Crippen LogP contribution in [0, 0.1) is 5.92 Å². The summed E-state index contributed by atoms with van der Waals surface area (Å²) in [5, 5.41) is 15.2. The van der Waals surface area contributed by atoms with Crippen molar-refractivity contribution >= 4 is 12.0 Å². The van der Waals surface area contributed by atoms with Gasteiger partial charge in [0, 0.05) is 6.04 Å². The van der Waals surface area contributed by atoms with E-state index in [9.17, 15) is 14.7 Å². The Balaban J connectivity index is 2.70. The molecule has 0 spiro atoms. The molecule has 5 nitrogen and oxygen atoms in total. The summed E-state index contributed by atoms with van der Waals surface area (Å²) in [6, 6.07) is -0.276. The molecule has 116 valence electrons. The van der Waals surface area contributed by atoms with E-state index < -0.39 is 11.5 Å². The van der Waals surface area contributed by atoms with Gasteiger partial charge in [0.15, 0.2) is 0 Å². The van der Waals surface area contributed by atoms with Gasteiger partial charge in [-0.1, -0.05) is 46.5 Å². The maximum absolute atomic E-state index is 12.1. The Morgan fingerprint density at radius 1 is 1.15 bits per heavy atom. The molecule has 0 radical (unpaired) electrons. The summed E-state index contributed by atoms with van der Waals surface area (Å²) < 4.78 is 0. The van der Waals surface area contributed by atoms with Crippen molar-refractivity contribution in [2.45, 2.75) is 77.3 Å². The first-order chi connectivity index (χ1) is 9.41. The molecule has 1 unspecified atom stereocenters. The highest BCUT2D eigenvalue weighted by atomic mass is 16.4. The number of amides is 2. The largest absolute Gasteiger partial charge is 0.480 e. The van der Waals surface area contributed by atoms with Crippen molar-refractivity contribution in [2.24, 2.45) is 5.92 Å². The molecule has 0 aliphatic heterocycles. The van der Waals surface area contributed by atoms with Crippen LogP contribution in [0.4, 0.5) is 4.79 Å². The molecular weight excluding hydrogens is 256 g/mol. The average molecular weight is 284 g/mol. The van der Waals surface area contributed by atoms with Gasteiger partial charge in [-0.3, -0.25) is 0 Å². The highest BCUT2D eigenvalue weighted by molar-refractivity contribution is 5.86. The second kappa shape index (κ2) is 7.50. The van der Waals surface area contributed by atoms with Crippen LogP contribution in [-0.4, -0.2) is 28.7 Å². The fourth-order valence-corrected chi connectivity index (χ4v) is 2.89. The lowest BCUT2D eigenvalue weighted by atomic mass is 9.90. The van der Waals surface area contributed by atoms with Gasteiger partial charge in [0.1, 0.15) is 5.54 Å². The predicted molar refractivity (Wildman–Crippen MR) is 78.7 cm³/mol. The predicted octanol–water partition coefficient (Wildman–Crippen LogP) is 2.90. The van der Waals surface area contributed by atoms with Gasteiger partial charge in [0.05, 0.1) is 0 Å². The zero-order valence-corrected chi connectivity index (χ0v) is 12.9. The minimum atomic E-state index is -1.09. The number of carboxylic acids is 1. The fraction of sp³-hybridized carbons (Fsp3) is 0.867. The third-order valence-electron chi connectivity index (χ3n) is 4.28. The van der Waals surface area contributed by atoms with Crippen molar-refractivity contribution in [2.75, 3.05) is 0 Å². The third-order valence-corrected chi connectivity index (χ3v) is 4.28. The first-order valence-corrected chi connectivity index (χ1v) is 7.73. The Kier molecular flexibility index (Phi) is 6.30. The van der Waals surface area contributed by atoms with Crippen LogP contribution in [0.2, 0.25) is 0 Å². The Morgan fingerprint density at radius 2 is 1.70 bits per heavy atom. The Bertz CT molecular complexity index is 334. The summed E-state index contributed by atoms with van der Waals surface area (Å²) >= 11 is 0. The van der Waals surface area contributed by atoms with Crippen LogP contribution < -0.4 is 10.6 Å². The molecule has 1 saturated carbocycles. The quantitative estimate of drug-likeness (QED) is 0.679. The second-order valence-electron chi connectivity index (χ2n) is 6.16. The molecular formula is C15H28N2O3. The third kappa shape index (κ3) is 4.39. The van der Waals surface area contributed by atoms with E-state index in [0.717, 1.165) is 32.1 Å². The zero-order valence-electron chi connectivity index (χ0n) is 12.9. The lowest BCUT2D eigenvalue weighted by Gasteiger charge is -2.31. The summed E-state index contributed by atoms with van der Waals surface area (Å²) in [4.78, 5) is 23.7. The standard InChI is InChI=1S/C15H28N2O3/c1-4-12(11(2)3)16-14(20)17-15(13(18)19)9-7-5-6-8-10-15/h11-12H,4-10H2,1-3H3,(H,18,19)(H2,16,17,20). The molecule has 0 aromatic rings. The Morgan fingerprint density at radius 3 is 2.10 bits per heavy atom. The normalized spacial score (nSPS) is 20.0. The number of carbonyl (C=O) groups excluding carboxylic acids is 1. The molecule has 0 aromatic carbocycles. The van der Waals surface area contributed by atoms with Crippen molar-refractivity contribution in [1.82, 2.24) is 10.6 Å². The van der Waals surface area contributed by atoms with Gasteiger partial charge < -0.3 is 15.7 Å². The number of nitrogens with one attached hydrogen (secondary N) is 2. The van der Waals surface area contributed by atoms with Gasteiger partial charge >= 0.3 is 12.0 Å². The number of aliphatic carboxylic acids is 1. The molecule has 1 fully saturated rings. The van der Waals surface area contributed by atoms with Gasteiger partial charge in [-0.25, -0.2) is 9.59 Å². The summed E-state index contributed by atoms with van der Waals surface area (Å²) in [6.45, 7) is 6.11. The molecule has 20 heavy (non-hydrogen) atoms. The molecule has 3 N–H and O–H groups in total. The molecule has 0 bridgehead atoms. The van der Waals surface area contributed by atoms with Crippen molar-refractivity contribution < 1.29 is 14.7 Å². The summed E-state index contributed by atoms with van der Waals surface area (Å²) in [5.41, 5.74) is -1.09. The van der Waals surface area contributed by atoms with E-state index in [0.29, 0.717) is 18.8 Å². The van der Waals surface area contributed by atoms with Crippen molar-refractivity contribution in [3.63, 3.8) is 0 Å². The van der Waals surface area contributed by atoms with Crippen LogP contribution in [0.1, 0.15) is 65.7 Å². The number of carboxylic acid groups (broad SMARTS) is 1. The SMILES string of the molecule is CCC(NC(=O)NC1(C(=O)O)CCCCCC1)C(C)C. The van der Waals surface area contributed by atoms with Crippen LogP contribution in [0.3, 0.4) is 0 Å². The van der Waals surface area contributed by atoms with Gasteiger partial charge in [0.25, 0.3) is 0 Å². The van der Waals surface area contributed by atoms with Crippen LogP contribution in [0.15, 0.2) is 0 Å². The van der Waals surface area contributed by atoms with Crippen LogP contribution in [0.25, 0.3) is 0 Å². The molecule has 0 aromatic heterocycles. The molecule has 0 heterocycles. The van der Waals surface area contributed by atoms with Gasteiger partial charge in [0.2, 0.25) is 0 Å². The van der Waals surface area contributed by atoms with E-state index in [-0.39, 0.29) is 12.1 Å². The van der Waals surface area contributed by atoms with E-state index in [2.05, 4.69) is 10.6 Å². The van der Waals surface area contributed by atoms with Crippen LogP contribution in [-0.2, 0) is 4.79 Å². The molecule has 2 amide bonds. The van der Waals surface area contributed by atoms with Crippen molar-refractivity contribution in [1.29, 1.82) is 0 Å². The first-order valence-electron chi connectivity index (χ1n) is 7.73. The van der Waals surface area contributed by atoms with Crippen molar-refractivity contribution in [3.8, 4) is 0 Å². The number of hydrogen-bond acceptors (Lipinski definition) is 2. The molecule has 1 aliphatic rings. The van der Waals surface area contributed by atoms with Gasteiger partial charge in [-0.2, -0.15) is 0 Å². The maximum Gasteiger partial charge on any atom is 0.329 e. The van der Waals surface area contributed by atoms with E-state index in [1.807, 2.05) is 20.8 Å². The van der Waals surface area contributed by atoms with E-state index >= 15 is 0 Å². The van der Waals surface area contributed by atoms with E-state index in [1.165, 1.54) is 0 Å². The lowest BCUT2D eigenvalue weighted by molar-refractivity contribution is -0.145. The molecule has 5 heteroatoms. The van der Waals surface area contributed by atoms with Crippen LogP contribution in [0.5, 0.6) is 0 Å². The Hall–Kier alpha value is -1.26. The van der Waals surface area contributed by atoms with Gasteiger partial charge in [-0.15, -0.1) is 0 Å². The fourth-order valence-electron chi connectivity index (χ4n) is 2.89. The number of rotatable bonds is 5. The lowest BCUT2D eigenvalue weighted by Crippen LogP contribution is -2.58. The second-order valence-corrected chi connectivity index (χ2v) is 6.16. The minimum Gasteiger partial charge on any atom is -0.480 e. The smallest absolute Gasteiger partial charge is 0.329 e. The molecule has 0 saturated heterocycles. The average Bonchev–Trinajstić information content (AvgIpc) is 2.62. The molecule has 1 atom stereocenters. The first kappa shape index (κ1) is 16.8. The summed E-state index contributed by atoms with van der Waals surface area (Å²) in [5.74, 6) is -0.576. The van der Waals surface area contributed by atoms with E-state index in [1.54, 1.807) is 0 Å². The summed E-state index contributed by atoms with van der Waals surface area (Å²) in [6.07, 6.45) is 5.68. The van der Waals surface area contributed by atoms with E-state index in [4.69, 9.17) is 0 Å². The number of carbonyl (C=O) groups is 2. The highest BCUT2D eigenvalue weighted by Crippen LogP contribution is 2.27. The molecule has 1 rings (SSSR count).